The molecule has 0 bridgehead atoms. The number of hydrogen-bond acceptors (Lipinski definition) is 4. The number of nitrogens with zero attached hydrogens (tertiary/aromatic N) is 4. The lowest BCUT2D eigenvalue weighted by atomic mass is 9.99. The van der Waals surface area contributed by atoms with Crippen molar-refractivity contribution in [2.45, 2.75) is 0 Å². The van der Waals surface area contributed by atoms with Gasteiger partial charge >= 0.3 is 0 Å². The van der Waals surface area contributed by atoms with Gasteiger partial charge in [-0.1, -0.05) is 109 Å². The van der Waals surface area contributed by atoms with E-state index in [1.54, 1.807) is 0 Å². The fourth-order valence-corrected chi connectivity index (χ4v) is 7.18. The van der Waals surface area contributed by atoms with Gasteiger partial charge < -0.3 is 8.98 Å². The van der Waals surface area contributed by atoms with E-state index in [-0.39, 0.29) is 5.82 Å². The second kappa shape index (κ2) is 11.6. The molecule has 3 heterocycles. The third kappa shape index (κ3) is 4.80. The van der Waals surface area contributed by atoms with Gasteiger partial charge in [0, 0.05) is 38.4 Å². The molecule has 5 nitrogen and oxygen atoms in total. The maximum atomic E-state index is 14.4. The van der Waals surface area contributed by atoms with Crippen molar-refractivity contribution in [3.8, 4) is 51.0 Å². The molecule has 0 aliphatic rings. The van der Waals surface area contributed by atoms with Crippen LogP contribution in [0.2, 0.25) is 0 Å². The molecule has 0 spiro atoms. The molecule has 240 valence electrons. The molecule has 0 aliphatic carbocycles. The highest BCUT2D eigenvalue weighted by molar-refractivity contribution is 6.24. The Balaban J connectivity index is 1.28. The summed E-state index contributed by atoms with van der Waals surface area (Å²) in [4.78, 5) is 14.9. The van der Waals surface area contributed by atoms with E-state index in [2.05, 4.69) is 65.2 Å². The van der Waals surface area contributed by atoms with Crippen molar-refractivity contribution >= 4 is 43.7 Å². The van der Waals surface area contributed by atoms with Crippen molar-refractivity contribution in [2.75, 3.05) is 0 Å². The lowest BCUT2D eigenvalue weighted by Gasteiger charge is -2.16. The van der Waals surface area contributed by atoms with Gasteiger partial charge in [-0.3, -0.25) is 0 Å². The van der Waals surface area contributed by atoms with Gasteiger partial charge in [-0.25, -0.2) is 19.3 Å². The zero-order valence-corrected chi connectivity index (χ0v) is 27.2. The van der Waals surface area contributed by atoms with Crippen LogP contribution < -0.4 is 0 Å². The van der Waals surface area contributed by atoms with Gasteiger partial charge in [0.15, 0.2) is 17.5 Å². The molecule has 0 saturated carbocycles. The van der Waals surface area contributed by atoms with Crippen molar-refractivity contribution in [2.24, 2.45) is 0 Å². The van der Waals surface area contributed by atoms with Gasteiger partial charge in [0.1, 0.15) is 17.0 Å². The molecule has 3 aromatic heterocycles. The highest BCUT2D eigenvalue weighted by Gasteiger charge is 2.22. The molecule has 0 amide bonds. The largest absolute Gasteiger partial charge is 0.456 e. The van der Waals surface area contributed by atoms with Crippen molar-refractivity contribution in [1.29, 1.82) is 0 Å². The third-order valence-corrected chi connectivity index (χ3v) is 9.53. The van der Waals surface area contributed by atoms with E-state index >= 15 is 0 Å². The van der Waals surface area contributed by atoms with Crippen LogP contribution in [-0.4, -0.2) is 19.5 Å². The van der Waals surface area contributed by atoms with Gasteiger partial charge in [-0.15, -0.1) is 0 Å². The Morgan fingerprint density at radius 3 is 1.75 bits per heavy atom. The first-order valence-electron chi connectivity index (χ1n) is 16.8. The van der Waals surface area contributed by atoms with Gasteiger partial charge in [-0.2, -0.15) is 0 Å². The summed E-state index contributed by atoms with van der Waals surface area (Å²) in [7, 11) is 0. The van der Waals surface area contributed by atoms with Crippen LogP contribution in [0.25, 0.3) is 94.7 Å². The normalized spacial score (nSPS) is 11.6. The van der Waals surface area contributed by atoms with Crippen LogP contribution in [0.5, 0.6) is 0 Å². The molecule has 0 unspecified atom stereocenters. The van der Waals surface area contributed by atoms with E-state index in [4.69, 9.17) is 19.4 Å². The van der Waals surface area contributed by atoms with Crippen LogP contribution in [0.3, 0.4) is 0 Å². The number of aromatic nitrogens is 4. The van der Waals surface area contributed by atoms with E-state index < -0.39 is 0 Å². The number of halogens is 1. The van der Waals surface area contributed by atoms with Gasteiger partial charge in [0.2, 0.25) is 0 Å². The second-order valence-corrected chi connectivity index (χ2v) is 12.6. The molecular weight excluding hydrogens is 632 g/mol. The zero-order valence-electron chi connectivity index (χ0n) is 27.2. The van der Waals surface area contributed by atoms with E-state index in [9.17, 15) is 4.39 Å². The number of hydrogen-bond donors (Lipinski definition) is 0. The Bertz CT molecular complexity index is 2860. The summed E-state index contributed by atoms with van der Waals surface area (Å²) in [6.45, 7) is 0. The number of rotatable bonds is 5. The van der Waals surface area contributed by atoms with Crippen LogP contribution in [0, 0.1) is 5.82 Å². The first-order valence-corrected chi connectivity index (χ1v) is 16.8. The van der Waals surface area contributed by atoms with Crippen molar-refractivity contribution in [3.63, 3.8) is 0 Å². The Morgan fingerprint density at radius 2 is 1.04 bits per heavy atom. The molecule has 51 heavy (non-hydrogen) atoms. The predicted molar refractivity (Wildman–Crippen MR) is 203 cm³/mol. The summed E-state index contributed by atoms with van der Waals surface area (Å²) in [6.07, 6.45) is 0. The Hall–Kier alpha value is -6.92. The Kier molecular flexibility index (Phi) is 6.61. The van der Waals surface area contributed by atoms with Gasteiger partial charge in [-0.05, 0) is 60.2 Å². The summed E-state index contributed by atoms with van der Waals surface area (Å²) in [5.74, 6) is 1.42. The average molecular weight is 659 g/mol. The topological polar surface area (TPSA) is 56.7 Å². The van der Waals surface area contributed by atoms with Crippen molar-refractivity contribution < 1.29 is 8.81 Å². The Labute approximate surface area is 291 Å². The first-order chi connectivity index (χ1) is 25.2. The molecule has 10 aromatic rings. The highest BCUT2D eigenvalue weighted by Crippen LogP contribution is 2.43. The maximum absolute atomic E-state index is 14.4. The molecule has 7 aromatic carbocycles. The van der Waals surface area contributed by atoms with Gasteiger partial charge in [0.05, 0.1) is 22.1 Å². The van der Waals surface area contributed by atoms with Gasteiger partial charge in [0.25, 0.3) is 0 Å². The summed E-state index contributed by atoms with van der Waals surface area (Å²) < 4.78 is 23.1. The minimum absolute atomic E-state index is 0.294. The third-order valence-electron chi connectivity index (χ3n) is 9.53. The minimum atomic E-state index is -0.294. The van der Waals surface area contributed by atoms with E-state index in [1.165, 1.54) is 12.1 Å². The highest BCUT2D eigenvalue weighted by atomic mass is 19.1. The first kappa shape index (κ1) is 29.0. The summed E-state index contributed by atoms with van der Waals surface area (Å²) in [5.41, 5.74) is 9.08. The molecule has 6 heteroatoms. The fraction of sp³-hybridized carbons (Fsp3) is 0. The predicted octanol–water partition coefficient (Wildman–Crippen LogP) is 11.7. The summed E-state index contributed by atoms with van der Waals surface area (Å²) >= 11 is 0. The van der Waals surface area contributed by atoms with E-state index in [0.29, 0.717) is 17.5 Å². The Morgan fingerprint density at radius 1 is 0.451 bits per heavy atom. The fourth-order valence-electron chi connectivity index (χ4n) is 7.18. The summed E-state index contributed by atoms with van der Waals surface area (Å²) in [5, 5.41) is 4.35. The number of fused-ring (bicyclic) bond motifs is 7. The lowest BCUT2D eigenvalue weighted by Crippen LogP contribution is -2.02. The molecule has 10 rings (SSSR count). The molecule has 0 fully saturated rings. The molecule has 0 N–H and O–H groups in total. The second-order valence-electron chi connectivity index (χ2n) is 12.6. The monoisotopic (exact) mass is 658 g/mol. The van der Waals surface area contributed by atoms with Crippen molar-refractivity contribution in [3.05, 3.63) is 170 Å². The van der Waals surface area contributed by atoms with E-state index in [0.717, 1.165) is 77.2 Å². The van der Waals surface area contributed by atoms with Crippen LogP contribution in [0.4, 0.5) is 4.39 Å². The zero-order chi connectivity index (χ0) is 33.9. The minimum Gasteiger partial charge on any atom is -0.456 e. The van der Waals surface area contributed by atoms with Crippen LogP contribution in [-0.2, 0) is 0 Å². The molecular formula is C45H27FN4O. The van der Waals surface area contributed by atoms with Crippen LogP contribution >= 0.6 is 0 Å². The van der Waals surface area contributed by atoms with Crippen LogP contribution in [0.15, 0.2) is 168 Å². The maximum Gasteiger partial charge on any atom is 0.164 e. The summed E-state index contributed by atoms with van der Waals surface area (Å²) in [6, 6.07) is 53.7. The number of para-hydroxylation sites is 2. The molecule has 0 aliphatic heterocycles. The van der Waals surface area contributed by atoms with E-state index in [1.807, 2.05) is 91.0 Å². The smallest absolute Gasteiger partial charge is 0.164 e. The standard InChI is InChI=1S/C45H27FN4O/c46-32-22-19-28(20-23-32)36-27-31(45-48-43(29-11-3-1-4-12-29)47-44(49-45)30-13-5-2-6-14-30)21-25-38(36)50-37-17-9-7-15-33(37)34-24-26-40-41(42(34)50)35-16-8-10-18-39(35)51-40/h1-27H. The lowest BCUT2D eigenvalue weighted by molar-refractivity contribution is 0.628. The SMILES string of the molecule is Fc1ccc(-c2cc(-c3nc(-c4ccccc4)nc(-c4ccccc4)n3)ccc2-n2c3ccccc3c3ccc4oc5ccccc5c4c32)cc1. The average Bonchev–Trinajstić information content (AvgIpc) is 3.74. The molecule has 0 radical (unpaired) electrons. The van der Waals surface area contributed by atoms with Crippen molar-refractivity contribution in [1.82, 2.24) is 19.5 Å². The molecule has 0 atom stereocenters. The van der Waals surface area contributed by atoms with Crippen LogP contribution in [0.1, 0.15) is 0 Å². The molecule has 0 saturated heterocycles. The number of furan rings is 1. The quantitative estimate of drug-likeness (QED) is 0.185. The number of benzene rings is 7.